The van der Waals surface area contributed by atoms with Crippen molar-refractivity contribution in [1.82, 2.24) is 4.98 Å². The average Bonchev–Trinajstić information content (AvgIpc) is 2.95. The van der Waals surface area contributed by atoms with Gasteiger partial charge in [0.25, 0.3) is 0 Å². The summed E-state index contributed by atoms with van der Waals surface area (Å²) < 4.78 is 6.27. The molecule has 0 aliphatic carbocycles. The van der Waals surface area contributed by atoms with Gasteiger partial charge in [0.1, 0.15) is 0 Å². The number of ether oxygens (including phenoxy) is 1. The number of halogens is 1. The predicted molar refractivity (Wildman–Crippen MR) is 81.6 cm³/mol. The van der Waals surface area contributed by atoms with E-state index in [1.807, 2.05) is 24.3 Å². The van der Waals surface area contributed by atoms with Crippen molar-refractivity contribution in [3.05, 3.63) is 34.9 Å². The Bertz CT molecular complexity index is 639. The van der Waals surface area contributed by atoms with Crippen molar-refractivity contribution in [3.8, 4) is 0 Å². The Hall–Kier alpha value is -1.46. The SMILES string of the molecule is O=C(C[C@@H]1CCOC1)Nc1ccc(Br)c2cccnc12. The molecule has 0 bridgehead atoms. The van der Waals surface area contributed by atoms with E-state index < -0.39 is 0 Å². The number of nitrogens with one attached hydrogen (secondary N) is 1. The van der Waals surface area contributed by atoms with Crippen molar-refractivity contribution in [2.24, 2.45) is 5.92 Å². The molecular weight excluding hydrogens is 320 g/mol. The Morgan fingerprint density at radius 3 is 3.15 bits per heavy atom. The van der Waals surface area contributed by atoms with Crippen LogP contribution in [-0.2, 0) is 9.53 Å². The largest absolute Gasteiger partial charge is 0.381 e. The maximum Gasteiger partial charge on any atom is 0.224 e. The van der Waals surface area contributed by atoms with Gasteiger partial charge in [0.05, 0.1) is 11.2 Å². The maximum absolute atomic E-state index is 12.1. The number of hydrogen-bond acceptors (Lipinski definition) is 3. The van der Waals surface area contributed by atoms with Crippen LogP contribution in [0.5, 0.6) is 0 Å². The van der Waals surface area contributed by atoms with Crippen LogP contribution < -0.4 is 5.32 Å². The standard InChI is InChI=1S/C15H15BrN2O2/c16-12-3-4-13(15-11(12)2-1-6-17-15)18-14(19)8-10-5-7-20-9-10/h1-4,6,10H,5,7-9H2,(H,18,19)/t10-/m0/s1. The summed E-state index contributed by atoms with van der Waals surface area (Å²) >= 11 is 3.50. The van der Waals surface area contributed by atoms with Gasteiger partial charge in [0.2, 0.25) is 5.91 Å². The zero-order chi connectivity index (χ0) is 13.9. The summed E-state index contributed by atoms with van der Waals surface area (Å²) in [5, 5.41) is 3.96. The lowest BCUT2D eigenvalue weighted by atomic mass is 10.0. The van der Waals surface area contributed by atoms with Crippen molar-refractivity contribution in [2.45, 2.75) is 12.8 Å². The molecule has 104 valence electrons. The first-order valence-electron chi connectivity index (χ1n) is 6.65. The third kappa shape index (κ3) is 2.83. The molecule has 20 heavy (non-hydrogen) atoms. The van der Waals surface area contributed by atoms with Gasteiger partial charge in [-0.1, -0.05) is 22.0 Å². The molecule has 5 heteroatoms. The molecule has 3 rings (SSSR count). The highest BCUT2D eigenvalue weighted by Gasteiger charge is 2.19. The van der Waals surface area contributed by atoms with E-state index in [-0.39, 0.29) is 5.91 Å². The number of aromatic nitrogens is 1. The molecule has 1 aliphatic rings. The van der Waals surface area contributed by atoms with Gasteiger partial charge >= 0.3 is 0 Å². The first-order valence-corrected chi connectivity index (χ1v) is 7.44. The number of hydrogen-bond donors (Lipinski definition) is 1. The van der Waals surface area contributed by atoms with Crippen LogP contribution in [0.4, 0.5) is 5.69 Å². The highest BCUT2D eigenvalue weighted by atomic mass is 79.9. The summed E-state index contributed by atoms with van der Waals surface area (Å²) in [7, 11) is 0. The van der Waals surface area contributed by atoms with E-state index in [1.54, 1.807) is 6.20 Å². The van der Waals surface area contributed by atoms with E-state index in [4.69, 9.17) is 4.74 Å². The van der Waals surface area contributed by atoms with E-state index in [9.17, 15) is 4.79 Å². The fourth-order valence-corrected chi connectivity index (χ4v) is 2.90. The number of pyridine rings is 1. The first-order chi connectivity index (χ1) is 9.74. The Morgan fingerprint density at radius 2 is 2.35 bits per heavy atom. The van der Waals surface area contributed by atoms with Crippen LogP contribution in [0.25, 0.3) is 10.9 Å². The lowest BCUT2D eigenvalue weighted by Gasteiger charge is -2.11. The molecule has 1 amide bonds. The molecule has 1 fully saturated rings. The lowest BCUT2D eigenvalue weighted by Crippen LogP contribution is -2.17. The summed E-state index contributed by atoms with van der Waals surface area (Å²) in [6.45, 7) is 1.45. The second-order valence-electron chi connectivity index (χ2n) is 4.98. The second kappa shape index (κ2) is 5.89. The topological polar surface area (TPSA) is 51.2 Å². The summed E-state index contributed by atoms with van der Waals surface area (Å²) in [6.07, 6.45) is 3.20. The number of rotatable bonds is 3. The molecule has 1 aromatic heterocycles. The van der Waals surface area contributed by atoms with E-state index in [1.165, 1.54) is 0 Å². The van der Waals surface area contributed by atoms with E-state index >= 15 is 0 Å². The number of nitrogens with zero attached hydrogens (tertiary/aromatic N) is 1. The third-order valence-corrected chi connectivity index (χ3v) is 4.18. The van der Waals surface area contributed by atoms with Gasteiger partial charge in [-0.15, -0.1) is 0 Å². The molecule has 1 saturated heterocycles. The summed E-state index contributed by atoms with van der Waals surface area (Å²) in [5.41, 5.74) is 1.56. The Morgan fingerprint density at radius 1 is 1.45 bits per heavy atom. The van der Waals surface area contributed by atoms with Gasteiger partial charge in [-0.3, -0.25) is 9.78 Å². The number of carbonyl (C=O) groups excluding carboxylic acids is 1. The van der Waals surface area contributed by atoms with Crippen LogP contribution in [0.2, 0.25) is 0 Å². The number of anilines is 1. The molecule has 0 saturated carbocycles. The van der Waals surface area contributed by atoms with Gasteiger partial charge in [-0.25, -0.2) is 0 Å². The number of benzene rings is 1. The predicted octanol–water partition coefficient (Wildman–Crippen LogP) is 3.36. The zero-order valence-electron chi connectivity index (χ0n) is 10.9. The van der Waals surface area contributed by atoms with Gasteiger partial charge in [0, 0.05) is 35.7 Å². The van der Waals surface area contributed by atoms with E-state index in [2.05, 4.69) is 26.2 Å². The number of carbonyl (C=O) groups is 1. The van der Waals surface area contributed by atoms with Crippen LogP contribution in [-0.4, -0.2) is 24.1 Å². The molecule has 1 aromatic carbocycles. The molecule has 1 N–H and O–H groups in total. The zero-order valence-corrected chi connectivity index (χ0v) is 12.5. The van der Waals surface area contributed by atoms with Crippen LogP contribution >= 0.6 is 15.9 Å². The smallest absolute Gasteiger partial charge is 0.224 e. The summed E-state index contributed by atoms with van der Waals surface area (Å²) in [6, 6.07) is 7.67. The van der Waals surface area contributed by atoms with Gasteiger partial charge in [-0.05, 0) is 30.5 Å². The highest BCUT2D eigenvalue weighted by Crippen LogP contribution is 2.28. The van der Waals surface area contributed by atoms with E-state index in [0.717, 1.165) is 34.1 Å². The Kier molecular flexibility index (Phi) is 3.98. The minimum atomic E-state index is 0.0229. The fourth-order valence-electron chi connectivity index (χ4n) is 2.45. The van der Waals surface area contributed by atoms with Gasteiger partial charge in [-0.2, -0.15) is 0 Å². The van der Waals surface area contributed by atoms with Crippen LogP contribution in [0.1, 0.15) is 12.8 Å². The van der Waals surface area contributed by atoms with Crippen LogP contribution in [0, 0.1) is 5.92 Å². The lowest BCUT2D eigenvalue weighted by molar-refractivity contribution is -0.117. The molecule has 0 spiro atoms. The molecule has 4 nitrogen and oxygen atoms in total. The minimum absolute atomic E-state index is 0.0229. The Labute approximate surface area is 125 Å². The monoisotopic (exact) mass is 334 g/mol. The Balaban J connectivity index is 1.80. The molecule has 0 unspecified atom stereocenters. The van der Waals surface area contributed by atoms with Crippen LogP contribution in [0.3, 0.4) is 0 Å². The van der Waals surface area contributed by atoms with Gasteiger partial charge < -0.3 is 10.1 Å². The van der Waals surface area contributed by atoms with Crippen LogP contribution in [0.15, 0.2) is 34.9 Å². The molecule has 1 atom stereocenters. The minimum Gasteiger partial charge on any atom is -0.381 e. The second-order valence-corrected chi connectivity index (χ2v) is 5.83. The maximum atomic E-state index is 12.1. The normalized spacial score (nSPS) is 18.4. The molecule has 1 aliphatic heterocycles. The van der Waals surface area contributed by atoms with Crippen molar-refractivity contribution >= 4 is 38.4 Å². The van der Waals surface area contributed by atoms with Crippen molar-refractivity contribution in [1.29, 1.82) is 0 Å². The highest BCUT2D eigenvalue weighted by molar-refractivity contribution is 9.10. The summed E-state index contributed by atoms with van der Waals surface area (Å²) in [4.78, 5) is 16.4. The number of amides is 1. The molecule has 2 aromatic rings. The average molecular weight is 335 g/mol. The third-order valence-electron chi connectivity index (χ3n) is 3.49. The quantitative estimate of drug-likeness (QED) is 0.936. The van der Waals surface area contributed by atoms with E-state index in [0.29, 0.717) is 18.9 Å². The molecule has 2 heterocycles. The fraction of sp³-hybridized carbons (Fsp3) is 0.333. The van der Waals surface area contributed by atoms with Gasteiger partial charge in [0.15, 0.2) is 0 Å². The molecule has 0 radical (unpaired) electrons. The van der Waals surface area contributed by atoms with Crippen molar-refractivity contribution in [2.75, 3.05) is 18.5 Å². The van der Waals surface area contributed by atoms with Crippen molar-refractivity contribution < 1.29 is 9.53 Å². The first kappa shape index (κ1) is 13.5. The van der Waals surface area contributed by atoms with Crippen molar-refractivity contribution in [3.63, 3.8) is 0 Å². The molecular formula is C15H15BrN2O2. The summed E-state index contributed by atoms with van der Waals surface area (Å²) in [5.74, 6) is 0.361. The number of fused-ring (bicyclic) bond motifs is 1.